The molecular formula is C19H21FN2O3S. The van der Waals surface area contributed by atoms with Crippen LogP contribution in [0.3, 0.4) is 0 Å². The summed E-state index contributed by atoms with van der Waals surface area (Å²) in [5.74, 6) is -0.610. The van der Waals surface area contributed by atoms with Crippen molar-refractivity contribution in [2.45, 2.75) is 31.5 Å². The molecule has 0 bridgehead atoms. The number of carbonyl (C=O) groups excluding carboxylic acids is 1. The first-order valence-electron chi connectivity index (χ1n) is 8.90. The molecule has 0 N–H and O–H groups in total. The van der Waals surface area contributed by atoms with Crippen LogP contribution in [0.5, 0.6) is 0 Å². The van der Waals surface area contributed by atoms with Gasteiger partial charge in [0.15, 0.2) is 5.79 Å². The number of carbonyl (C=O) groups is 1. The highest BCUT2D eigenvalue weighted by Crippen LogP contribution is 2.31. The van der Waals surface area contributed by atoms with E-state index in [1.54, 1.807) is 18.2 Å². The number of thiazole rings is 1. The Bertz CT molecular complexity index is 779. The number of ether oxygens (including phenoxy) is 2. The molecule has 1 spiro atoms. The molecule has 0 unspecified atom stereocenters. The van der Waals surface area contributed by atoms with Crippen LogP contribution in [-0.4, -0.2) is 47.9 Å². The highest BCUT2D eigenvalue weighted by molar-refractivity contribution is 7.13. The summed E-state index contributed by atoms with van der Waals surface area (Å²) in [6, 6.07) is 6.61. The number of piperidine rings is 1. The van der Waals surface area contributed by atoms with Crippen molar-refractivity contribution in [3.05, 3.63) is 41.2 Å². The van der Waals surface area contributed by atoms with E-state index in [4.69, 9.17) is 9.47 Å². The Morgan fingerprint density at radius 2 is 1.96 bits per heavy atom. The molecule has 0 radical (unpaired) electrons. The van der Waals surface area contributed by atoms with Crippen LogP contribution in [0.15, 0.2) is 29.6 Å². The maximum absolute atomic E-state index is 13.9. The summed E-state index contributed by atoms with van der Waals surface area (Å²) in [5.41, 5.74) is 1.34. The Morgan fingerprint density at radius 3 is 2.69 bits per heavy atom. The van der Waals surface area contributed by atoms with Crippen LogP contribution in [0.4, 0.5) is 4.39 Å². The van der Waals surface area contributed by atoms with Crippen LogP contribution in [0, 0.1) is 5.82 Å². The zero-order valence-electron chi connectivity index (χ0n) is 14.4. The van der Waals surface area contributed by atoms with E-state index in [1.165, 1.54) is 17.4 Å². The number of nitrogens with zero attached hydrogens (tertiary/aromatic N) is 2. The molecule has 138 valence electrons. The average Bonchev–Trinajstić information content (AvgIpc) is 3.31. The van der Waals surface area contributed by atoms with Gasteiger partial charge in [0.25, 0.3) is 0 Å². The minimum absolute atomic E-state index is 0.123. The van der Waals surface area contributed by atoms with Crippen molar-refractivity contribution in [2.24, 2.45) is 0 Å². The molecular weight excluding hydrogens is 355 g/mol. The van der Waals surface area contributed by atoms with Crippen molar-refractivity contribution in [3.63, 3.8) is 0 Å². The van der Waals surface area contributed by atoms with Crippen molar-refractivity contribution in [1.82, 2.24) is 9.88 Å². The summed E-state index contributed by atoms with van der Waals surface area (Å²) in [6.07, 6.45) is 2.44. The SMILES string of the molecule is O=C(CCc1csc(-c2ccccc2F)n1)N1CCC2(CC1)OCCO2. The molecule has 5 nitrogen and oxygen atoms in total. The van der Waals surface area contributed by atoms with Crippen LogP contribution >= 0.6 is 11.3 Å². The van der Waals surface area contributed by atoms with Crippen molar-refractivity contribution < 1.29 is 18.7 Å². The second-order valence-electron chi connectivity index (χ2n) is 6.61. The zero-order valence-corrected chi connectivity index (χ0v) is 15.3. The van der Waals surface area contributed by atoms with Gasteiger partial charge >= 0.3 is 0 Å². The molecule has 1 amide bonds. The van der Waals surface area contributed by atoms with Gasteiger partial charge in [-0.15, -0.1) is 11.3 Å². The van der Waals surface area contributed by atoms with Crippen LogP contribution in [0.2, 0.25) is 0 Å². The third-order valence-corrected chi connectivity index (χ3v) is 5.87. The van der Waals surface area contributed by atoms with Crippen LogP contribution in [0.25, 0.3) is 10.6 Å². The van der Waals surface area contributed by atoms with Gasteiger partial charge in [0.1, 0.15) is 10.8 Å². The van der Waals surface area contributed by atoms with Crippen molar-refractivity contribution in [1.29, 1.82) is 0 Å². The number of likely N-dealkylation sites (tertiary alicyclic amines) is 1. The summed E-state index contributed by atoms with van der Waals surface area (Å²) in [6.45, 7) is 2.61. The van der Waals surface area contributed by atoms with E-state index in [2.05, 4.69) is 4.98 Å². The van der Waals surface area contributed by atoms with Crippen molar-refractivity contribution in [2.75, 3.05) is 26.3 Å². The smallest absolute Gasteiger partial charge is 0.222 e. The monoisotopic (exact) mass is 376 g/mol. The number of hydrogen-bond acceptors (Lipinski definition) is 5. The first kappa shape index (κ1) is 17.6. The largest absolute Gasteiger partial charge is 0.347 e. The lowest BCUT2D eigenvalue weighted by molar-refractivity contribution is -0.187. The molecule has 2 aliphatic rings. The molecule has 2 fully saturated rings. The molecule has 3 heterocycles. The van der Waals surface area contributed by atoms with Crippen LogP contribution < -0.4 is 0 Å². The lowest BCUT2D eigenvalue weighted by Crippen LogP contribution is -2.47. The number of amides is 1. The van der Waals surface area contributed by atoms with E-state index in [1.807, 2.05) is 10.3 Å². The fourth-order valence-corrected chi connectivity index (χ4v) is 4.34. The number of aryl methyl sites for hydroxylation is 1. The molecule has 2 saturated heterocycles. The number of hydrogen-bond donors (Lipinski definition) is 0. The summed E-state index contributed by atoms with van der Waals surface area (Å²) in [4.78, 5) is 18.8. The van der Waals surface area contributed by atoms with Crippen LogP contribution in [0.1, 0.15) is 25.0 Å². The second kappa shape index (κ2) is 7.42. The predicted octanol–water partition coefficient (Wildman–Crippen LogP) is 3.25. The summed E-state index contributed by atoms with van der Waals surface area (Å²) in [5, 5.41) is 2.56. The van der Waals surface area contributed by atoms with E-state index in [0.717, 1.165) is 18.5 Å². The molecule has 7 heteroatoms. The Labute approximate surface area is 155 Å². The number of aromatic nitrogens is 1. The van der Waals surface area contributed by atoms with Gasteiger partial charge in [0.05, 0.1) is 18.9 Å². The third kappa shape index (κ3) is 3.65. The molecule has 1 aromatic carbocycles. The Balaban J connectivity index is 1.31. The van der Waals surface area contributed by atoms with Gasteiger partial charge in [-0.25, -0.2) is 9.37 Å². The molecule has 2 aromatic rings. The van der Waals surface area contributed by atoms with Crippen LogP contribution in [-0.2, 0) is 20.7 Å². The maximum Gasteiger partial charge on any atom is 0.222 e. The molecule has 4 rings (SSSR count). The van der Waals surface area contributed by atoms with Crippen molar-refractivity contribution >= 4 is 17.2 Å². The number of benzene rings is 1. The van der Waals surface area contributed by atoms with E-state index in [9.17, 15) is 9.18 Å². The fraction of sp³-hybridized carbons (Fsp3) is 0.474. The Kier molecular flexibility index (Phi) is 5.02. The lowest BCUT2D eigenvalue weighted by atomic mass is 10.0. The van der Waals surface area contributed by atoms with Gasteiger partial charge in [-0.05, 0) is 18.6 Å². The average molecular weight is 376 g/mol. The van der Waals surface area contributed by atoms with Gasteiger partial charge in [-0.3, -0.25) is 4.79 Å². The molecule has 2 aliphatic heterocycles. The minimum atomic E-state index is -0.458. The first-order valence-corrected chi connectivity index (χ1v) is 9.78. The molecule has 0 aliphatic carbocycles. The van der Waals surface area contributed by atoms with Gasteiger partial charge in [-0.1, -0.05) is 12.1 Å². The minimum Gasteiger partial charge on any atom is -0.347 e. The van der Waals surface area contributed by atoms with Crippen molar-refractivity contribution in [3.8, 4) is 10.6 Å². The molecule has 0 saturated carbocycles. The fourth-order valence-electron chi connectivity index (χ4n) is 3.46. The summed E-state index contributed by atoms with van der Waals surface area (Å²) in [7, 11) is 0. The molecule has 1 aromatic heterocycles. The lowest BCUT2D eigenvalue weighted by Gasteiger charge is -2.37. The molecule has 0 atom stereocenters. The van der Waals surface area contributed by atoms with E-state index in [0.29, 0.717) is 49.7 Å². The highest BCUT2D eigenvalue weighted by atomic mass is 32.1. The second-order valence-corrected chi connectivity index (χ2v) is 7.47. The van der Waals surface area contributed by atoms with E-state index < -0.39 is 5.79 Å². The first-order chi connectivity index (χ1) is 12.7. The van der Waals surface area contributed by atoms with E-state index >= 15 is 0 Å². The number of halogens is 1. The van der Waals surface area contributed by atoms with Gasteiger partial charge in [0, 0.05) is 43.3 Å². The topological polar surface area (TPSA) is 51.7 Å². The quantitative estimate of drug-likeness (QED) is 0.822. The predicted molar refractivity (Wildman–Crippen MR) is 96.3 cm³/mol. The summed E-state index contributed by atoms with van der Waals surface area (Å²) < 4.78 is 25.2. The van der Waals surface area contributed by atoms with Gasteiger partial charge in [-0.2, -0.15) is 0 Å². The Morgan fingerprint density at radius 1 is 1.23 bits per heavy atom. The highest BCUT2D eigenvalue weighted by Gasteiger charge is 2.40. The normalized spacial score (nSPS) is 19.2. The van der Waals surface area contributed by atoms with E-state index in [-0.39, 0.29) is 11.7 Å². The zero-order chi connectivity index (χ0) is 18.0. The van der Waals surface area contributed by atoms with Gasteiger partial charge in [0.2, 0.25) is 5.91 Å². The molecule has 26 heavy (non-hydrogen) atoms. The Hall–Kier alpha value is -1.83. The summed E-state index contributed by atoms with van der Waals surface area (Å²) >= 11 is 1.41. The maximum atomic E-state index is 13.9. The van der Waals surface area contributed by atoms with Gasteiger partial charge < -0.3 is 14.4 Å². The number of rotatable bonds is 4. The standard InChI is InChI=1S/C19H21FN2O3S/c20-16-4-2-1-3-15(16)18-21-14(13-26-18)5-6-17(23)22-9-7-19(8-10-22)24-11-12-25-19/h1-4,13H,5-12H2. The third-order valence-electron chi connectivity index (χ3n) is 4.94.